The number of carbonyl (C=O) groups excluding carboxylic acids is 6. The van der Waals surface area contributed by atoms with Gasteiger partial charge in [-0.1, -0.05) is 46.4 Å². The second kappa shape index (κ2) is 21.5. The molecule has 354 valence electrons. The molecule has 0 aliphatic heterocycles. The number of nitrogens with zero attached hydrogens (tertiary/aromatic N) is 4. The predicted octanol–water partition coefficient (Wildman–Crippen LogP) is 12.8. The molecule has 0 aliphatic carbocycles. The summed E-state index contributed by atoms with van der Waals surface area (Å²) in [6.45, 7) is 5.29. The van der Waals surface area contributed by atoms with Crippen LogP contribution >= 0.6 is 46.4 Å². The Kier molecular flexibility index (Phi) is 16.5. The van der Waals surface area contributed by atoms with Gasteiger partial charge in [0.1, 0.15) is 0 Å². The average Bonchev–Trinajstić information content (AvgIpc) is 3.23. The van der Waals surface area contributed by atoms with Gasteiger partial charge in [0.2, 0.25) is 12.1 Å². The molecule has 0 bridgehead atoms. The van der Waals surface area contributed by atoms with Crippen LogP contribution in [0.15, 0.2) is 105 Å². The van der Waals surface area contributed by atoms with Crippen LogP contribution in [0.5, 0.6) is 0 Å². The maximum absolute atomic E-state index is 13.4. The first kappa shape index (κ1) is 52.2. The molecule has 4 amide bonds. The van der Waals surface area contributed by atoms with Crippen molar-refractivity contribution < 1.29 is 55.1 Å². The number of Topliss-reactive ketones (excluding diaryl/α,β-unsaturated/α-hetero) is 2. The van der Waals surface area contributed by atoms with Crippen molar-refractivity contribution in [2.75, 3.05) is 21.3 Å². The first-order chi connectivity index (χ1) is 31.7. The van der Waals surface area contributed by atoms with E-state index in [1.807, 2.05) is 0 Å². The maximum atomic E-state index is 13.4. The number of nitrogens with one attached hydrogen (secondary N) is 4. The van der Waals surface area contributed by atoms with Crippen LogP contribution in [-0.2, 0) is 31.5 Å². The summed E-state index contributed by atoms with van der Waals surface area (Å²) in [4.78, 5) is 77.9. The molecule has 5 aromatic carbocycles. The van der Waals surface area contributed by atoms with Crippen LogP contribution in [0, 0.1) is 13.8 Å². The third-order valence-electron chi connectivity index (χ3n) is 9.34. The van der Waals surface area contributed by atoms with Gasteiger partial charge in [0.05, 0.1) is 53.7 Å². The lowest BCUT2D eigenvalue weighted by molar-refractivity contribution is -0.138. The number of halogens is 10. The Hall–Kier alpha value is -6.74. The SMILES string of the molecule is CC(=O)C(N=Nc1ccc(Cl)c(C(=O)Nc2ccc(Cl)c(C(F)(F)F)c2)c1)C(=O)Nc1cc(C)c(NC(=O)C(N=Nc2ccc(Cl)c(C(=O)Nc3ccc(Cl)c(C(F)(F)F)c3)c2)C(C)=O)c(C)c1. The summed E-state index contributed by atoms with van der Waals surface area (Å²) < 4.78 is 80.1. The standard InChI is InChI=1S/C44H32Cl4F6N8O6/c1-19-13-27(57-41(67)37(21(3)63)61-59-25-7-9-32(45)28(15-25)39(65)55-23-5-11-34(47)30(17-23)43(49,50)51)14-20(2)36(19)58-42(68)38(22(4)64)62-60-26-8-10-33(46)29(16-26)40(66)56-24-6-12-35(48)31(18-24)44(52,53)54/h5-18,37-38H,1-4H3,(H,55,65)(H,56,66)(H,57,67)(H,58,68). The van der Waals surface area contributed by atoms with Gasteiger partial charge in [-0.15, -0.1) is 0 Å². The Morgan fingerprint density at radius 1 is 0.485 bits per heavy atom. The number of benzene rings is 5. The van der Waals surface area contributed by atoms with E-state index in [9.17, 15) is 55.1 Å². The fourth-order valence-corrected chi connectivity index (χ4v) is 6.91. The molecule has 0 radical (unpaired) electrons. The van der Waals surface area contributed by atoms with Crippen LogP contribution in [-0.4, -0.2) is 47.3 Å². The van der Waals surface area contributed by atoms with Crippen molar-refractivity contribution in [3.05, 3.63) is 138 Å². The second-order valence-electron chi connectivity index (χ2n) is 14.5. The zero-order chi connectivity index (χ0) is 50.4. The molecular formula is C44H32Cl4F6N8O6. The van der Waals surface area contributed by atoms with Gasteiger partial charge in [-0.3, -0.25) is 28.8 Å². The number of aryl methyl sites for hydroxylation is 2. The highest BCUT2D eigenvalue weighted by atomic mass is 35.5. The number of ketones is 2. The minimum absolute atomic E-state index is 0.0503. The summed E-state index contributed by atoms with van der Waals surface area (Å²) in [6.07, 6.45) is -9.59. The van der Waals surface area contributed by atoms with E-state index in [1.54, 1.807) is 13.8 Å². The van der Waals surface area contributed by atoms with Gasteiger partial charge >= 0.3 is 12.4 Å². The highest BCUT2D eigenvalue weighted by molar-refractivity contribution is 6.35. The van der Waals surface area contributed by atoms with Gasteiger partial charge < -0.3 is 21.3 Å². The van der Waals surface area contributed by atoms with E-state index in [-0.39, 0.29) is 55.3 Å². The fraction of sp³-hybridized carbons (Fsp3) is 0.182. The van der Waals surface area contributed by atoms with Crippen LogP contribution in [0.25, 0.3) is 0 Å². The molecule has 0 heterocycles. The molecule has 4 N–H and O–H groups in total. The molecular weight excluding hydrogens is 992 g/mol. The molecule has 0 saturated carbocycles. The van der Waals surface area contributed by atoms with Gasteiger partial charge in [0.15, 0.2) is 11.6 Å². The minimum atomic E-state index is -4.80. The zero-order valence-electron chi connectivity index (χ0n) is 35.3. The van der Waals surface area contributed by atoms with Crippen LogP contribution in [0.1, 0.15) is 56.8 Å². The van der Waals surface area contributed by atoms with Crippen molar-refractivity contribution in [1.82, 2.24) is 0 Å². The van der Waals surface area contributed by atoms with E-state index in [0.29, 0.717) is 23.3 Å². The Bertz CT molecular complexity index is 2910. The van der Waals surface area contributed by atoms with E-state index in [2.05, 4.69) is 41.7 Å². The van der Waals surface area contributed by atoms with Crippen molar-refractivity contribution in [2.24, 2.45) is 20.5 Å². The fourth-order valence-electron chi connectivity index (χ4n) is 6.06. The highest BCUT2D eigenvalue weighted by Gasteiger charge is 2.35. The summed E-state index contributed by atoms with van der Waals surface area (Å²) in [7, 11) is 0. The molecule has 0 spiro atoms. The Balaban J connectivity index is 1.26. The maximum Gasteiger partial charge on any atom is 0.417 e. The van der Waals surface area contributed by atoms with Crippen LogP contribution in [0.4, 0.5) is 60.5 Å². The van der Waals surface area contributed by atoms with E-state index >= 15 is 0 Å². The Morgan fingerprint density at radius 2 is 0.853 bits per heavy atom. The van der Waals surface area contributed by atoms with E-state index in [4.69, 9.17) is 46.4 Å². The Labute approximate surface area is 401 Å². The van der Waals surface area contributed by atoms with Gasteiger partial charge in [-0.2, -0.15) is 46.8 Å². The summed E-state index contributed by atoms with van der Waals surface area (Å²) in [5.41, 5.74) is -2.24. The molecule has 0 saturated heterocycles. The largest absolute Gasteiger partial charge is 0.417 e. The molecule has 14 nitrogen and oxygen atoms in total. The van der Waals surface area contributed by atoms with Gasteiger partial charge in [-0.25, -0.2) is 0 Å². The molecule has 2 atom stereocenters. The first-order valence-corrected chi connectivity index (χ1v) is 20.8. The number of azo groups is 2. The zero-order valence-corrected chi connectivity index (χ0v) is 38.3. The topological polar surface area (TPSA) is 200 Å². The molecule has 0 aromatic heterocycles. The summed E-state index contributed by atoms with van der Waals surface area (Å²) in [6, 6.07) is 12.4. The van der Waals surface area contributed by atoms with E-state index < -0.39 is 80.8 Å². The lowest BCUT2D eigenvalue weighted by atomic mass is 10.1. The minimum Gasteiger partial charge on any atom is -0.324 e. The van der Waals surface area contributed by atoms with Gasteiger partial charge in [-0.05, 0) is 124 Å². The smallest absolute Gasteiger partial charge is 0.324 e. The van der Waals surface area contributed by atoms with Crippen molar-refractivity contribution in [3.63, 3.8) is 0 Å². The third-order valence-corrected chi connectivity index (χ3v) is 10.7. The summed E-state index contributed by atoms with van der Waals surface area (Å²) >= 11 is 23.7. The number of anilines is 4. The molecule has 0 fully saturated rings. The number of carbonyl (C=O) groups is 6. The number of hydrogen-bond donors (Lipinski definition) is 4. The summed E-state index contributed by atoms with van der Waals surface area (Å²) in [5.74, 6) is -5.14. The van der Waals surface area contributed by atoms with Crippen molar-refractivity contribution in [2.45, 2.75) is 52.1 Å². The van der Waals surface area contributed by atoms with Crippen LogP contribution < -0.4 is 21.3 Å². The monoisotopic (exact) mass is 1020 g/mol. The van der Waals surface area contributed by atoms with Crippen LogP contribution in [0.3, 0.4) is 0 Å². The highest BCUT2D eigenvalue weighted by Crippen LogP contribution is 2.38. The van der Waals surface area contributed by atoms with Gasteiger partial charge in [0.25, 0.3) is 23.6 Å². The molecule has 5 aromatic rings. The average molecular weight is 1020 g/mol. The van der Waals surface area contributed by atoms with E-state index in [0.717, 1.165) is 50.2 Å². The number of rotatable bonds is 14. The number of hydrogen-bond acceptors (Lipinski definition) is 10. The lowest BCUT2D eigenvalue weighted by Gasteiger charge is -2.17. The molecule has 68 heavy (non-hydrogen) atoms. The molecule has 2 unspecified atom stereocenters. The van der Waals surface area contributed by atoms with Crippen molar-refractivity contribution >= 4 is 116 Å². The van der Waals surface area contributed by atoms with Crippen molar-refractivity contribution in [3.8, 4) is 0 Å². The first-order valence-electron chi connectivity index (χ1n) is 19.2. The van der Waals surface area contributed by atoms with Crippen LogP contribution in [0.2, 0.25) is 20.1 Å². The Morgan fingerprint density at radius 3 is 1.22 bits per heavy atom. The quantitative estimate of drug-likeness (QED) is 0.0484. The number of amides is 4. The molecule has 24 heteroatoms. The lowest BCUT2D eigenvalue weighted by Crippen LogP contribution is -2.33. The van der Waals surface area contributed by atoms with E-state index in [1.165, 1.54) is 36.4 Å². The van der Waals surface area contributed by atoms with Crippen molar-refractivity contribution in [1.29, 1.82) is 0 Å². The normalized spacial score (nSPS) is 12.7. The third kappa shape index (κ3) is 13.2. The summed E-state index contributed by atoms with van der Waals surface area (Å²) in [5, 5.41) is 23.9. The molecule has 5 rings (SSSR count). The predicted molar refractivity (Wildman–Crippen MR) is 243 cm³/mol. The second-order valence-corrected chi connectivity index (χ2v) is 16.2. The molecule has 0 aliphatic rings. The number of alkyl halides is 6. The van der Waals surface area contributed by atoms with Gasteiger partial charge in [0, 0.05) is 22.7 Å².